The Hall–Kier alpha value is -3.42. The number of carboxylic acids is 1. The summed E-state index contributed by atoms with van der Waals surface area (Å²) < 4.78 is 15.0. The fourth-order valence-corrected chi connectivity index (χ4v) is 1.76. The van der Waals surface area contributed by atoms with Crippen LogP contribution < -0.4 is 0 Å². The van der Waals surface area contributed by atoms with Crippen LogP contribution in [0.2, 0.25) is 0 Å². The maximum atomic E-state index is 12.3. The van der Waals surface area contributed by atoms with Gasteiger partial charge in [0.25, 0.3) is 0 Å². The third-order valence-corrected chi connectivity index (χ3v) is 3.15. The maximum Gasteiger partial charge on any atom is 0.339 e. The highest BCUT2D eigenvalue weighted by Crippen LogP contribution is 2.12. The standard InChI is InChI=1S/C19H20O8/c1-11(2)17(22)25-9-13(10-26-18(23)12(3)4)27-19(24)15-8-6-5-7-14(15)16(20)21/h5-8,13H,1,3,9-10H2,2,4H3,(H,20,21). The largest absolute Gasteiger partial charge is 0.478 e. The molecule has 0 spiro atoms. The second kappa shape index (κ2) is 9.91. The minimum Gasteiger partial charge on any atom is -0.478 e. The number of esters is 3. The van der Waals surface area contributed by atoms with Gasteiger partial charge in [0.05, 0.1) is 11.1 Å². The summed E-state index contributed by atoms with van der Waals surface area (Å²) in [6, 6.07) is 5.46. The Kier molecular flexibility index (Phi) is 7.93. The minimum absolute atomic E-state index is 0.134. The van der Waals surface area contributed by atoms with E-state index in [0.717, 1.165) is 0 Å². The van der Waals surface area contributed by atoms with Crippen molar-refractivity contribution in [3.05, 3.63) is 59.7 Å². The summed E-state index contributed by atoms with van der Waals surface area (Å²) in [4.78, 5) is 46.6. The number of carbonyl (C=O) groups is 4. The van der Waals surface area contributed by atoms with Crippen molar-refractivity contribution in [1.82, 2.24) is 0 Å². The summed E-state index contributed by atoms with van der Waals surface area (Å²) in [7, 11) is 0. The van der Waals surface area contributed by atoms with E-state index in [2.05, 4.69) is 13.2 Å². The fourth-order valence-electron chi connectivity index (χ4n) is 1.76. The summed E-state index contributed by atoms with van der Waals surface area (Å²) in [6.45, 7) is 8.91. The van der Waals surface area contributed by atoms with E-state index in [1.165, 1.54) is 38.1 Å². The Balaban J connectivity index is 2.91. The molecule has 0 fully saturated rings. The second-order valence-electron chi connectivity index (χ2n) is 5.64. The van der Waals surface area contributed by atoms with Crippen LogP contribution in [0.25, 0.3) is 0 Å². The molecule has 0 unspecified atom stereocenters. The normalized spacial score (nSPS) is 10.0. The highest BCUT2D eigenvalue weighted by atomic mass is 16.6. The third-order valence-electron chi connectivity index (χ3n) is 3.15. The lowest BCUT2D eigenvalue weighted by Crippen LogP contribution is -2.31. The van der Waals surface area contributed by atoms with Crippen LogP contribution in [0.3, 0.4) is 0 Å². The SMILES string of the molecule is C=C(C)C(=O)OCC(COC(=O)C(=C)C)OC(=O)c1ccccc1C(=O)O. The summed E-state index contributed by atoms with van der Waals surface area (Å²) in [5.74, 6) is -3.70. The van der Waals surface area contributed by atoms with Crippen LogP contribution in [0.4, 0.5) is 0 Å². The molecule has 1 aromatic carbocycles. The fraction of sp³-hybridized carbons (Fsp3) is 0.263. The predicted octanol–water partition coefficient (Wildman–Crippen LogP) is 2.15. The van der Waals surface area contributed by atoms with E-state index in [-0.39, 0.29) is 22.3 Å². The molecule has 27 heavy (non-hydrogen) atoms. The molecule has 0 amide bonds. The number of hydrogen-bond donors (Lipinski definition) is 1. The summed E-state index contributed by atoms with van der Waals surface area (Å²) >= 11 is 0. The van der Waals surface area contributed by atoms with Crippen molar-refractivity contribution >= 4 is 23.9 Å². The van der Waals surface area contributed by atoms with Crippen LogP contribution in [-0.2, 0) is 23.8 Å². The highest BCUT2D eigenvalue weighted by Gasteiger charge is 2.23. The average molecular weight is 376 g/mol. The first kappa shape index (κ1) is 21.6. The highest BCUT2D eigenvalue weighted by molar-refractivity contribution is 6.02. The molecule has 144 valence electrons. The molecule has 0 atom stereocenters. The average Bonchev–Trinajstić information content (AvgIpc) is 2.62. The van der Waals surface area contributed by atoms with Gasteiger partial charge in [-0.25, -0.2) is 19.2 Å². The molecule has 8 nitrogen and oxygen atoms in total. The van der Waals surface area contributed by atoms with Crippen molar-refractivity contribution in [3.8, 4) is 0 Å². The van der Waals surface area contributed by atoms with Gasteiger partial charge in [-0.3, -0.25) is 0 Å². The van der Waals surface area contributed by atoms with E-state index in [0.29, 0.717) is 0 Å². The van der Waals surface area contributed by atoms with Crippen LogP contribution in [0.15, 0.2) is 48.6 Å². The predicted molar refractivity (Wildman–Crippen MR) is 94.2 cm³/mol. The number of hydrogen-bond acceptors (Lipinski definition) is 7. The molecule has 0 saturated heterocycles. The zero-order valence-electron chi connectivity index (χ0n) is 15.0. The van der Waals surface area contributed by atoms with Gasteiger partial charge in [0.15, 0.2) is 6.10 Å². The molecular weight excluding hydrogens is 356 g/mol. The number of carbonyl (C=O) groups excluding carboxylic acids is 3. The second-order valence-corrected chi connectivity index (χ2v) is 5.64. The lowest BCUT2D eigenvalue weighted by molar-refractivity contribution is -0.147. The molecule has 1 N–H and O–H groups in total. The van der Waals surface area contributed by atoms with E-state index < -0.39 is 43.2 Å². The minimum atomic E-state index is -1.30. The molecule has 0 bridgehead atoms. The Morgan fingerprint density at radius 2 is 1.37 bits per heavy atom. The number of rotatable bonds is 9. The Labute approximate surface area is 156 Å². The number of benzene rings is 1. The van der Waals surface area contributed by atoms with Gasteiger partial charge in [-0.15, -0.1) is 0 Å². The van der Waals surface area contributed by atoms with E-state index in [1.807, 2.05) is 0 Å². The molecule has 8 heteroatoms. The molecule has 0 aliphatic heterocycles. The van der Waals surface area contributed by atoms with E-state index in [1.54, 1.807) is 0 Å². The lowest BCUT2D eigenvalue weighted by atomic mass is 10.1. The number of ether oxygens (including phenoxy) is 3. The lowest BCUT2D eigenvalue weighted by Gasteiger charge is -2.18. The third kappa shape index (κ3) is 6.77. The van der Waals surface area contributed by atoms with Crippen LogP contribution in [-0.4, -0.2) is 48.3 Å². The quantitative estimate of drug-likeness (QED) is 0.396. The van der Waals surface area contributed by atoms with E-state index in [9.17, 15) is 19.2 Å². The summed E-state index contributed by atoms with van der Waals surface area (Å²) in [5, 5.41) is 9.16. The van der Waals surface area contributed by atoms with Crippen molar-refractivity contribution in [2.75, 3.05) is 13.2 Å². The zero-order chi connectivity index (χ0) is 20.6. The topological polar surface area (TPSA) is 116 Å². The Bertz CT molecular complexity index is 748. The van der Waals surface area contributed by atoms with Gasteiger partial charge in [0.1, 0.15) is 13.2 Å². The van der Waals surface area contributed by atoms with Gasteiger partial charge in [0, 0.05) is 11.1 Å². The van der Waals surface area contributed by atoms with Crippen molar-refractivity contribution in [2.45, 2.75) is 20.0 Å². The molecule has 0 aliphatic carbocycles. The number of aromatic carboxylic acids is 1. The molecule has 0 aromatic heterocycles. The maximum absolute atomic E-state index is 12.3. The number of carboxylic acid groups (broad SMARTS) is 1. The first-order chi connectivity index (χ1) is 12.6. The van der Waals surface area contributed by atoms with Crippen molar-refractivity contribution in [2.24, 2.45) is 0 Å². The summed E-state index contributed by atoms with van der Waals surface area (Å²) in [5.41, 5.74) is -0.169. The van der Waals surface area contributed by atoms with Gasteiger partial charge in [-0.2, -0.15) is 0 Å². The van der Waals surface area contributed by atoms with Crippen molar-refractivity contribution < 1.29 is 38.5 Å². The molecular formula is C19H20O8. The van der Waals surface area contributed by atoms with Crippen molar-refractivity contribution in [3.63, 3.8) is 0 Å². The van der Waals surface area contributed by atoms with Crippen molar-refractivity contribution in [1.29, 1.82) is 0 Å². The summed E-state index contributed by atoms with van der Waals surface area (Å²) in [6.07, 6.45) is -1.15. The molecule has 0 saturated carbocycles. The van der Waals surface area contributed by atoms with Crippen LogP contribution in [0, 0.1) is 0 Å². The van der Waals surface area contributed by atoms with Gasteiger partial charge >= 0.3 is 23.9 Å². The molecule has 1 rings (SSSR count). The Morgan fingerprint density at radius 3 is 1.78 bits per heavy atom. The van der Waals surface area contributed by atoms with Crippen LogP contribution in [0.1, 0.15) is 34.6 Å². The first-order valence-electron chi connectivity index (χ1n) is 7.82. The van der Waals surface area contributed by atoms with Gasteiger partial charge in [0.2, 0.25) is 0 Å². The van der Waals surface area contributed by atoms with Crippen LogP contribution >= 0.6 is 0 Å². The van der Waals surface area contributed by atoms with Crippen LogP contribution in [0.5, 0.6) is 0 Å². The van der Waals surface area contributed by atoms with Gasteiger partial charge < -0.3 is 19.3 Å². The molecule has 0 aliphatic rings. The molecule has 0 radical (unpaired) electrons. The first-order valence-corrected chi connectivity index (χ1v) is 7.82. The van der Waals surface area contributed by atoms with Gasteiger partial charge in [-0.1, -0.05) is 25.3 Å². The zero-order valence-corrected chi connectivity index (χ0v) is 15.0. The molecule has 1 aromatic rings. The van der Waals surface area contributed by atoms with E-state index >= 15 is 0 Å². The monoisotopic (exact) mass is 376 g/mol. The Morgan fingerprint density at radius 1 is 0.926 bits per heavy atom. The van der Waals surface area contributed by atoms with Gasteiger partial charge in [-0.05, 0) is 26.0 Å². The smallest absolute Gasteiger partial charge is 0.339 e. The molecule has 0 heterocycles. The van der Waals surface area contributed by atoms with E-state index in [4.69, 9.17) is 19.3 Å².